The maximum atomic E-state index is 12.5. The molecule has 2 nitrogen and oxygen atoms in total. The van der Waals surface area contributed by atoms with Crippen molar-refractivity contribution in [1.82, 2.24) is 10.2 Å². The summed E-state index contributed by atoms with van der Waals surface area (Å²) in [6.07, 6.45) is -4.76. The Hall–Kier alpha value is 0.280. The highest BCUT2D eigenvalue weighted by Gasteiger charge is 2.31. The highest BCUT2D eigenvalue weighted by Crippen LogP contribution is 2.36. The van der Waals surface area contributed by atoms with Crippen LogP contribution < -0.4 is 5.32 Å². The standard InChI is InChI=1S/C12H16ClF3N2S.2ClH/c13-11-2-1-10(19-11)9(3-4-12(14,15)16)18-7-5-17-6-8-18;;/h1-2,9,17H,3-8H2;2*1H/t9-;;/m1../s1. The Morgan fingerprint density at radius 1 is 1.24 bits per heavy atom. The monoisotopic (exact) mass is 384 g/mol. The number of rotatable bonds is 4. The van der Waals surface area contributed by atoms with Gasteiger partial charge in [0.25, 0.3) is 0 Å². The molecule has 1 aliphatic rings. The van der Waals surface area contributed by atoms with Crippen LogP contribution in [0.3, 0.4) is 0 Å². The Bertz CT molecular complexity index is 409. The summed E-state index contributed by atoms with van der Waals surface area (Å²) in [7, 11) is 0. The second kappa shape index (κ2) is 9.43. The Kier molecular flexibility index (Phi) is 9.55. The van der Waals surface area contributed by atoms with Crippen molar-refractivity contribution in [3.8, 4) is 0 Å². The molecule has 1 aromatic rings. The third-order valence-corrected chi connectivity index (χ3v) is 4.55. The van der Waals surface area contributed by atoms with Crippen molar-refractivity contribution in [1.29, 1.82) is 0 Å². The summed E-state index contributed by atoms with van der Waals surface area (Å²) in [5.41, 5.74) is 0. The van der Waals surface area contributed by atoms with Crippen LogP contribution in [0.2, 0.25) is 4.34 Å². The van der Waals surface area contributed by atoms with Gasteiger partial charge in [-0.1, -0.05) is 11.6 Å². The topological polar surface area (TPSA) is 15.3 Å². The molecule has 0 spiro atoms. The molecule has 2 rings (SSSR count). The Morgan fingerprint density at radius 2 is 1.86 bits per heavy atom. The molecule has 1 saturated heterocycles. The number of nitrogens with one attached hydrogen (secondary N) is 1. The maximum Gasteiger partial charge on any atom is 0.389 e. The minimum atomic E-state index is -4.10. The van der Waals surface area contributed by atoms with E-state index in [9.17, 15) is 13.2 Å². The van der Waals surface area contributed by atoms with Crippen molar-refractivity contribution >= 4 is 47.8 Å². The molecule has 1 atom stereocenters. The van der Waals surface area contributed by atoms with Crippen LogP contribution in [-0.2, 0) is 0 Å². The van der Waals surface area contributed by atoms with Gasteiger partial charge in [0.2, 0.25) is 0 Å². The minimum absolute atomic E-state index is 0. The Labute approximate surface area is 143 Å². The van der Waals surface area contributed by atoms with Gasteiger partial charge in [-0.3, -0.25) is 4.90 Å². The van der Waals surface area contributed by atoms with E-state index in [0.29, 0.717) is 4.34 Å². The molecule has 21 heavy (non-hydrogen) atoms. The quantitative estimate of drug-likeness (QED) is 0.819. The van der Waals surface area contributed by atoms with E-state index >= 15 is 0 Å². The smallest absolute Gasteiger partial charge is 0.314 e. The van der Waals surface area contributed by atoms with Gasteiger partial charge in [0, 0.05) is 43.5 Å². The van der Waals surface area contributed by atoms with Crippen LogP contribution in [-0.4, -0.2) is 37.3 Å². The first-order chi connectivity index (χ1) is 8.96. The van der Waals surface area contributed by atoms with Crippen molar-refractivity contribution in [2.24, 2.45) is 0 Å². The normalized spacial score (nSPS) is 17.7. The maximum absolute atomic E-state index is 12.5. The molecule has 1 N–H and O–H groups in total. The van der Waals surface area contributed by atoms with E-state index in [4.69, 9.17) is 11.6 Å². The van der Waals surface area contributed by atoms with Crippen LogP contribution in [0.4, 0.5) is 13.2 Å². The van der Waals surface area contributed by atoms with Crippen LogP contribution in [0.15, 0.2) is 12.1 Å². The molecule has 124 valence electrons. The summed E-state index contributed by atoms with van der Waals surface area (Å²) < 4.78 is 38.0. The van der Waals surface area contributed by atoms with Gasteiger partial charge >= 0.3 is 6.18 Å². The van der Waals surface area contributed by atoms with Gasteiger partial charge in [0.05, 0.1) is 4.34 Å². The van der Waals surface area contributed by atoms with Crippen molar-refractivity contribution in [3.63, 3.8) is 0 Å². The predicted molar refractivity (Wildman–Crippen MR) is 86.3 cm³/mol. The summed E-state index contributed by atoms with van der Waals surface area (Å²) in [5, 5.41) is 3.21. The van der Waals surface area contributed by atoms with E-state index in [2.05, 4.69) is 10.2 Å². The predicted octanol–water partition coefficient (Wildman–Crippen LogP) is 4.53. The van der Waals surface area contributed by atoms with E-state index in [0.717, 1.165) is 31.1 Å². The third kappa shape index (κ3) is 6.93. The van der Waals surface area contributed by atoms with Crippen LogP contribution >= 0.6 is 47.8 Å². The lowest BCUT2D eigenvalue weighted by molar-refractivity contribution is -0.138. The zero-order valence-electron chi connectivity index (χ0n) is 11.2. The van der Waals surface area contributed by atoms with E-state index in [-0.39, 0.29) is 37.3 Å². The number of hydrogen-bond donors (Lipinski definition) is 1. The largest absolute Gasteiger partial charge is 0.389 e. The van der Waals surface area contributed by atoms with Gasteiger partial charge in [-0.15, -0.1) is 36.2 Å². The van der Waals surface area contributed by atoms with E-state index in [1.54, 1.807) is 6.07 Å². The molecular formula is C12H18Cl3F3N2S. The minimum Gasteiger partial charge on any atom is -0.314 e. The zero-order chi connectivity index (χ0) is 13.9. The van der Waals surface area contributed by atoms with Crippen LogP contribution in [0, 0.1) is 0 Å². The summed E-state index contributed by atoms with van der Waals surface area (Å²) >= 11 is 7.27. The molecule has 1 aliphatic heterocycles. The first-order valence-corrected chi connectivity index (χ1v) is 7.42. The lowest BCUT2D eigenvalue weighted by Gasteiger charge is -2.34. The highest BCUT2D eigenvalue weighted by molar-refractivity contribution is 7.16. The molecule has 0 bridgehead atoms. The highest BCUT2D eigenvalue weighted by atomic mass is 35.5. The first-order valence-electron chi connectivity index (χ1n) is 6.22. The Morgan fingerprint density at radius 3 is 2.33 bits per heavy atom. The van der Waals surface area contributed by atoms with Gasteiger partial charge in [-0.2, -0.15) is 13.2 Å². The number of piperazine rings is 1. The van der Waals surface area contributed by atoms with Crippen molar-refractivity contribution in [2.75, 3.05) is 26.2 Å². The second-order valence-electron chi connectivity index (χ2n) is 4.60. The van der Waals surface area contributed by atoms with Crippen molar-refractivity contribution in [2.45, 2.75) is 25.1 Å². The molecule has 0 amide bonds. The molecule has 1 fully saturated rings. The summed E-state index contributed by atoms with van der Waals surface area (Å²) in [4.78, 5) is 3.04. The molecule has 0 aromatic carbocycles. The molecular weight excluding hydrogens is 368 g/mol. The number of nitrogens with zero attached hydrogens (tertiary/aromatic N) is 1. The first kappa shape index (κ1) is 21.3. The fraction of sp³-hybridized carbons (Fsp3) is 0.667. The van der Waals surface area contributed by atoms with Crippen LogP contribution in [0.1, 0.15) is 23.8 Å². The van der Waals surface area contributed by atoms with Gasteiger partial charge < -0.3 is 5.32 Å². The third-order valence-electron chi connectivity index (χ3n) is 3.22. The number of hydrogen-bond acceptors (Lipinski definition) is 3. The van der Waals surface area contributed by atoms with E-state index in [1.165, 1.54) is 11.3 Å². The van der Waals surface area contributed by atoms with Crippen molar-refractivity contribution < 1.29 is 13.2 Å². The number of thiophene rings is 1. The van der Waals surface area contributed by atoms with Crippen LogP contribution in [0.5, 0.6) is 0 Å². The molecule has 9 heteroatoms. The lowest BCUT2D eigenvalue weighted by Crippen LogP contribution is -2.45. The summed E-state index contributed by atoms with van der Waals surface area (Å²) in [5.74, 6) is 0. The number of halogens is 6. The van der Waals surface area contributed by atoms with E-state index < -0.39 is 12.6 Å². The molecule has 1 aromatic heterocycles. The summed E-state index contributed by atoms with van der Waals surface area (Å²) in [6.45, 7) is 3.19. The number of alkyl halides is 3. The average molecular weight is 386 g/mol. The zero-order valence-corrected chi connectivity index (χ0v) is 14.4. The fourth-order valence-corrected chi connectivity index (χ4v) is 3.54. The second-order valence-corrected chi connectivity index (χ2v) is 6.34. The SMILES string of the molecule is Cl.Cl.FC(F)(F)CC[C@H](c1ccc(Cl)s1)N1CCNCC1. The van der Waals surface area contributed by atoms with Crippen LogP contribution in [0.25, 0.3) is 0 Å². The molecule has 0 unspecified atom stereocenters. The fourth-order valence-electron chi connectivity index (χ4n) is 2.31. The van der Waals surface area contributed by atoms with Gasteiger partial charge in [-0.25, -0.2) is 0 Å². The molecule has 0 aliphatic carbocycles. The Balaban J connectivity index is 0.00000200. The lowest BCUT2D eigenvalue weighted by atomic mass is 10.1. The van der Waals surface area contributed by atoms with E-state index in [1.807, 2.05) is 6.07 Å². The van der Waals surface area contributed by atoms with Gasteiger partial charge in [-0.05, 0) is 18.6 Å². The average Bonchev–Trinajstić information content (AvgIpc) is 2.76. The van der Waals surface area contributed by atoms with Crippen molar-refractivity contribution in [3.05, 3.63) is 21.3 Å². The molecule has 0 saturated carbocycles. The molecule has 2 heterocycles. The molecule has 0 radical (unpaired) electrons. The van der Waals surface area contributed by atoms with Gasteiger partial charge in [0.15, 0.2) is 0 Å². The van der Waals surface area contributed by atoms with Gasteiger partial charge in [0.1, 0.15) is 0 Å². The summed E-state index contributed by atoms with van der Waals surface area (Å²) in [6, 6.07) is 3.42.